The lowest BCUT2D eigenvalue weighted by Gasteiger charge is -2.16. The molecule has 0 saturated carbocycles. The first kappa shape index (κ1) is 22.4. The number of fused-ring (bicyclic) bond motifs is 6. The molecule has 0 amide bonds. The Kier molecular flexibility index (Phi) is 5.09. The van der Waals surface area contributed by atoms with E-state index in [9.17, 15) is 0 Å². The molecule has 2 heterocycles. The zero-order chi connectivity index (χ0) is 25.8. The fourth-order valence-electron chi connectivity index (χ4n) is 5.86. The van der Waals surface area contributed by atoms with Gasteiger partial charge in [-0.05, 0) is 71.8 Å². The van der Waals surface area contributed by atoms with Crippen molar-refractivity contribution in [1.29, 1.82) is 0 Å². The second kappa shape index (κ2) is 8.64. The second-order valence-electron chi connectivity index (χ2n) is 10.1. The minimum absolute atomic E-state index is 1.09. The first-order chi connectivity index (χ1) is 18.6. The van der Waals surface area contributed by atoms with Crippen LogP contribution in [-0.2, 0) is 0 Å². The van der Waals surface area contributed by atoms with Gasteiger partial charge < -0.3 is 4.57 Å². The van der Waals surface area contributed by atoms with Crippen molar-refractivity contribution in [3.8, 4) is 33.5 Å². The molecule has 0 N–H and O–H groups in total. The summed E-state index contributed by atoms with van der Waals surface area (Å²) in [6.07, 6.45) is 2.20. The summed E-state index contributed by atoms with van der Waals surface area (Å²) in [6, 6.07) is 41.4. The van der Waals surface area contributed by atoms with Crippen molar-refractivity contribution >= 4 is 27.3 Å². The maximum absolute atomic E-state index is 4.49. The Morgan fingerprint density at radius 2 is 1.13 bits per heavy atom. The van der Waals surface area contributed by atoms with Gasteiger partial charge >= 0.3 is 0 Å². The van der Waals surface area contributed by atoms with E-state index in [0.717, 1.165) is 11.3 Å². The molecule has 0 spiro atoms. The Labute approximate surface area is 223 Å². The average molecular weight is 489 g/mol. The summed E-state index contributed by atoms with van der Waals surface area (Å²) in [5.41, 5.74) is 12.0. The lowest BCUT2D eigenvalue weighted by molar-refractivity contribution is -0.582. The van der Waals surface area contributed by atoms with Crippen LogP contribution in [0.4, 0.5) is 0 Å². The first-order valence-electron chi connectivity index (χ1n) is 13.1. The fourth-order valence-corrected chi connectivity index (χ4v) is 5.86. The highest BCUT2D eigenvalue weighted by Crippen LogP contribution is 2.42. The molecule has 0 aliphatic heterocycles. The topological polar surface area (TPSA) is 8.29 Å². The lowest BCUT2D eigenvalue weighted by atomic mass is 9.90. The van der Waals surface area contributed by atoms with Gasteiger partial charge in [0.2, 0.25) is 0 Å². The van der Waals surface area contributed by atoms with Crippen LogP contribution in [0, 0.1) is 20.9 Å². The van der Waals surface area contributed by atoms with Crippen LogP contribution < -0.4 is 4.57 Å². The number of benzene rings is 5. The van der Waals surface area contributed by atoms with E-state index in [4.69, 9.17) is 0 Å². The molecule has 38 heavy (non-hydrogen) atoms. The number of imidazole rings is 1. The Morgan fingerprint density at radius 3 is 1.76 bits per heavy atom. The van der Waals surface area contributed by atoms with Crippen LogP contribution in [0.15, 0.2) is 121 Å². The number of hydrogen-bond donors (Lipinski definition) is 0. The first-order valence-corrected chi connectivity index (χ1v) is 13.1. The maximum Gasteiger partial charge on any atom is 0.191 e. The fraction of sp³-hybridized carbons (Fsp3) is 0.0556. The molecule has 0 fully saturated rings. The quantitative estimate of drug-likeness (QED) is 0.133. The number of nitrogens with zero attached hydrogens (tertiary/aromatic N) is 2. The van der Waals surface area contributed by atoms with Crippen molar-refractivity contribution in [2.45, 2.75) is 13.8 Å². The highest BCUT2D eigenvalue weighted by atomic mass is 15.1. The maximum atomic E-state index is 4.49. The van der Waals surface area contributed by atoms with Crippen LogP contribution in [0.5, 0.6) is 0 Å². The Balaban J connectivity index is 1.71. The van der Waals surface area contributed by atoms with E-state index in [1.54, 1.807) is 0 Å². The van der Waals surface area contributed by atoms with Gasteiger partial charge in [-0.2, -0.15) is 0 Å². The van der Waals surface area contributed by atoms with Crippen LogP contribution in [0.25, 0.3) is 60.8 Å². The minimum Gasteiger partial charge on any atom is -0.367 e. The van der Waals surface area contributed by atoms with Crippen LogP contribution >= 0.6 is 0 Å². The van der Waals surface area contributed by atoms with E-state index in [2.05, 4.69) is 147 Å². The summed E-state index contributed by atoms with van der Waals surface area (Å²) < 4.78 is 4.47. The Bertz CT molecular complexity index is 1920. The van der Waals surface area contributed by atoms with Crippen molar-refractivity contribution in [2.24, 2.45) is 0 Å². The number of rotatable bonds is 3. The van der Waals surface area contributed by atoms with E-state index in [1.807, 2.05) is 4.57 Å². The normalized spacial score (nSPS) is 11.5. The SMILES string of the molecule is [CH2-][n+]1cc(-c2c(-c3ccccc3)cccc2-c2ccccc2)n2c3cc(C)c(C)cc3c3ccccc3c21. The van der Waals surface area contributed by atoms with Gasteiger partial charge in [0.05, 0.1) is 0 Å². The predicted octanol–water partition coefficient (Wildman–Crippen LogP) is 8.79. The predicted molar refractivity (Wildman–Crippen MR) is 159 cm³/mol. The third-order valence-corrected chi connectivity index (χ3v) is 7.80. The van der Waals surface area contributed by atoms with Gasteiger partial charge in [0, 0.05) is 22.5 Å². The van der Waals surface area contributed by atoms with Gasteiger partial charge in [-0.15, -0.1) is 0 Å². The molecule has 2 aromatic heterocycles. The Hall–Kier alpha value is -4.82. The van der Waals surface area contributed by atoms with Crippen molar-refractivity contribution < 1.29 is 4.57 Å². The number of aryl methyl sites for hydroxylation is 2. The molecular formula is C36H28N2. The molecule has 7 rings (SSSR count). The largest absolute Gasteiger partial charge is 0.367 e. The standard InChI is InChI=1S/C36H28N2/c1-24-21-32-30-17-10-11-18-31(30)36-37(3)23-34(38(36)33(32)22-25(24)2)35-28(26-13-6-4-7-14-26)19-12-20-29(35)27-15-8-5-9-16-27/h4-23H,3H2,1-2H3. The smallest absolute Gasteiger partial charge is 0.191 e. The lowest BCUT2D eigenvalue weighted by Crippen LogP contribution is -2.23. The minimum atomic E-state index is 1.09. The number of aromatic nitrogens is 2. The van der Waals surface area contributed by atoms with E-state index < -0.39 is 0 Å². The summed E-state index contributed by atoms with van der Waals surface area (Å²) in [7, 11) is 4.49. The van der Waals surface area contributed by atoms with Gasteiger partial charge in [-0.1, -0.05) is 103 Å². The summed E-state index contributed by atoms with van der Waals surface area (Å²) in [5, 5.41) is 3.70. The van der Waals surface area contributed by atoms with Gasteiger partial charge in [-0.3, -0.25) is 4.40 Å². The van der Waals surface area contributed by atoms with Gasteiger partial charge in [-0.25, -0.2) is 0 Å². The molecular weight excluding hydrogens is 460 g/mol. The van der Waals surface area contributed by atoms with E-state index in [1.165, 1.54) is 60.6 Å². The van der Waals surface area contributed by atoms with Crippen molar-refractivity contribution in [2.75, 3.05) is 0 Å². The molecule has 2 heteroatoms. The van der Waals surface area contributed by atoms with Crippen molar-refractivity contribution in [3.05, 3.63) is 140 Å². The molecule has 0 unspecified atom stereocenters. The Morgan fingerprint density at radius 1 is 0.579 bits per heavy atom. The van der Waals surface area contributed by atoms with Crippen LogP contribution in [0.2, 0.25) is 0 Å². The van der Waals surface area contributed by atoms with Crippen molar-refractivity contribution in [3.63, 3.8) is 0 Å². The van der Waals surface area contributed by atoms with Gasteiger partial charge in [0.15, 0.2) is 5.65 Å². The van der Waals surface area contributed by atoms with Crippen LogP contribution in [-0.4, -0.2) is 4.40 Å². The average Bonchev–Trinajstić information content (AvgIpc) is 3.31. The third-order valence-electron chi connectivity index (χ3n) is 7.80. The van der Waals surface area contributed by atoms with E-state index >= 15 is 0 Å². The summed E-state index contributed by atoms with van der Waals surface area (Å²) in [4.78, 5) is 0. The number of pyridine rings is 1. The molecule has 0 aliphatic rings. The molecule has 182 valence electrons. The summed E-state index contributed by atoms with van der Waals surface area (Å²) in [6.45, 7) is 4.40. The zero-order valence-electron chi connectivity index (χ0n) is 21.6. The molecule has 2 nitrogen and oxygen atoms in total. The third kappa shape index (κ3) is 3.34. The van der Waals surface area contributed by atoms with E-state index in [0.29, 0.717) is 0 Å². The van der Waals surface area contributed by atoms with Crippen LogP contribution in [0.3, 0.4) is 0 Å². The molecule has 7 aromatic rings. The number of hydrogen-bond acceptors (Lipinski definition) is 0. The zero-order valence-corrected chi connectivity index (χ0v) is 21.6. The molecule has 0 bridgehead atoms. The molecule has 0 atom stereocenters. The summed E-state index contributed by atoms with van der Waals surface area (Å²) in [5.74, 6) is 0. The monoisotopic (exact) mass is 488 g/mol. The molecule has 0 aliphatic carbocycles. The highest BCUT2D eigenvalue weighted by Gasteiger charge is 2.23. The second-order valence-corrected chi connectivity index (χ2v) is 10.1. The highest BCUT2D eigenvalue weighted by molar-refractivity contribution is 6.12. The summed E-state index contributed by atoms with van der Waals surface area (Å²) >= 11 is 0. The molecule has 0 saturated heterocycles. The molecule has 0 radical (unpaired) electrons. The van der Waals surface area contributed by atoms with Crippen LogP contribution in [0.1, 0.15) is 11.1 Å². The molecule has 5 aromatic carbocycles. The van der Waals surface area contributed by atoms with Gasteiger partial charge in [0.25, 0.3) is 0 Å². The van der Waals surface area contributed by atoms with Gasteiger partial charge in [0.1, 0.15) is 11.2 Å². The van der Waals surface area contributed by atoms with E-state index in [-0.39, 0.29) is 0 Å². The van der Waals surface area contributed by atoms with Crippen molar-refractivity contribution in [1.82, 2.24) is 4.40 Å².